The largest absolute Gasteiger partial charge is 0.497 e. The average molecular weight is 864 g/mol. The van der Waals surface area contributed by atoms with E-state index in [0.717, 1.165) is 49.7 Å². The van der Waals surface area contributed by atoms with E-state index in [4.69, 9.17) is 43.2 Å². The summed E-state index contributed by atoms with van der Waals surface area (Å²) in [6.45, 7) is 9.17. The van der Waals surface area contributed by atoms with Crippen LogP contribution in [-0.4, -0.2) is 105 Å². The maximum Gasteiger partial charge on any atom is 0.417 e. The van der Waals surface area contributed by atoms with E-state index in [2.05, 4.69) is 18.0 Å². The molecule has 340 valence electrons. The topological polar surface area (TPSA) is 176 Å². The van der Waals surface area contributed by atoms with Crippen LogP contribution in [0, 0.1) is 17.8 Å². The maximum absolute atomic E-state index is 14.1. The van der Waals surface area contributed by atoms with Crippen LogP contribution in [0.25, 0.3) is 0 Å². The van der Waals surface area contributed by atoms with Crippen LogP contribution in [0.2, 0.25) is 0 Å². The van der Waals surface area contributed by atoms with E-state index in [1.165, 1.54) is 7.11 Å². The Kier molecular flexibility index (Phi) is 16.9. The second kappa shape index (κ2) is 22.5. The van der Waals surface area contributed by atoms with Crippen LogP contribution in [0.3, 0.4) is 0 Å². The fourth-order valence-corrected chi connectivity index (χ4v) is 9.59. The van der Waals surface area contributed by atoms with Crippen molar-refractivity contribution in [2.45, 2.75) is 109 Å². The van der Waals surface area contributed by atoms with Gasteiger partial charge in [-0.3, -0.25) is 10.2 Å². The Bertz CT molecular complexity index is 1880. The van der Waals surface area contributed by atoms with Gasteiger partial charge in [-0.05, 0) is 99.6 Å². The Morgan fingerprint density at radius 1 is 1.02 bits per heavy atom. The highest BCUT2D eigenvalue weighted by Crippen LogP contribution is 2.62. The maximum atomic E-state index is 14.1. The summed E-state index contributed by atoms with van der Waals surface area (Å²) >= 11 is 0. The number of hydrogen-bond donors (Lipinski definition) is 3. The quantitative estimate of drug-likeness (QED) is 0.0622. The molecule has 2 fully saturated rings. The summed E-state index contributed by atoms with van der Waals surface area (Å²) in [5.74, 6) is -0.538. The van der Waals surface area contributed by atoms with Crippen molar-refractivity contribution in [3.8, 4) is 23.0 Å². The highest BCUT2D eigenvalue weighted by molar-refractivity contribution is 6.03. The van der Waals surface area contributed by atoms with E-state index in [9.17, 15) is 19.8 Å². The summed E-state index contributed by atoms with van der Waals surface area (Å²) in [7, 11) is 3.05. The normalized spacial score (nSPS) is 25.6. The zero-order chi connectivity index (χ0) is 44.1. The van der Waals surface area contributed by atoms with Crippen LogP contribution < -0.4 is 24.3 Å². The third kappa shape index (κ3) is 10.5. The van der Waals surface area contributed by atoms with Gasteiger partial charge in [0.05, 0.1) is 51.4 Å². The lowest BCUT2D eigenvalue weighted by molar-refractivity contribution is -0.255. The van der Waals surface area contributed by atoms with E-state index >= 15 is 0 Å². The molecule has 0 radical (unpaired) electrons. The second-order valence-corrected chi connectivity index (χ2v) is 16.1. The fourth-order valence-electron chi connectivity index (χ4n) is 9.59. The van der Waals surface area contributed by atoms with Gasteiger partial charge in [0.15, 0.2) is 0 Å². The van der Waals surface area contributed by atoms with Gasteiger partial charge in [-0.25, -0.2) is 9.59 Å². The van der Waals surface area contributed by atoms with E-state index in [1.807, 2.05) is 13.0 Å². The molecule has 62 heavy (non-hydrogen) atoms. The predicted octanol–water partition coefficient (Wildman–Crippen LogP) is 8.34. The van der Waals surface area contributed by atoms with E-state index in [0.29, 0.717) is 67.5 Å². The smallest absolute Gasteiger partial charge is 0.417 e. The summed E-state index contributed by atoms with van der Waals surface area (Å²) in [5, 5.41) is 27.5. The molecule has 3 N–H and O–H groups in total. The summed E-state index contributed by atoms with van der Waals surface area (Å²) < 4.78 is 42.7. The van der Waals surface area contributed by atoms with Crippen molar-refractivity contribution in [3.05, 3.63) is 66.3 Å². The standard InChI is InChI=1S/C47H65N3O12/c1-6-22-50(46(54)57-8-3)41-30-38(49-62-42-17-11-14-26-58-42)35-27-31(15-9-12-23-51)34(16-10-13-24-52)43-36-28-33(19-21-39(36)61-47(41,44(35)43)59-25-7-2)60-45(53)48-37-20-18-32(55-4)29-40(37)56-5/h7,18-21,27-29,31,34,41-44,51-52H,2,6,8-17,22-26,30H2,1,3-5H3,(H,48,53)/t31-,34+,41-,42?,43+,44+,47+/m0/s1. The molecule has 15 heteroatoms. The molecule has 1 saturated heterocycles. The summed E-state index contributed by atoms with van der Waals surface area (Å²) in [5.41, 5.74) is 2.76. The van der Waals surface area contributed by atoms with Gasteiger partial charge in [-0.15, -0.1) is 6.58 Å². The molecule has 7 atom stereocenters. The summed E-state index contributed by atoms with van der Waals surface area (Å²) in [4.78, 5) is 35.5. The van der Waals surface area contributed by atoms with Crippen molar-refractivity contribution < 1.29 is 57.8 Å². The molecule has 0 spiro atoms. The minimum Gasteiger partial charge on any atom is -0.497 e. The number of aliphatic hydroxyl groups is 2. The molecular formula is C47H65N3O12. The van der Waals surface area contributed by atoms with Crippen molar-refractivity contribution in [2.75, 3.05) is 59.1 Å². The Morgan fingerprint density at radius 2 is 1.81 bits per heavy atom. The van der Waals surface area contributed by atoms with E-state index in [1.54, 1.807) is 55.3 Å². The van der Waals surface area contributed by atoms with Gasteiger partial charge >= 0.3 is 12.2 Å². The monoisotopic (exact) mass is 863 g/mol. The van der Waals surface area contributed by atoms with Gasteiger partial charge in [-0.2, -0.15) is 0 Å². The van der Waals surface area contributed by atoms with E-state index < -0.39 is 36.2 Å². The molecule has 4 aliphatic rings. The molecule has 15 nitrogen and oxygen atoms in total. The predicted molar refractivity (Wildman–Crippen MR) is 233 cm³/mol. The number of aliphatic hydroxyl groups excluding tert-OH is 2. The number of rotatable bonds is 21. The fraction of sp³-hybridized carbons (Fsp3) is 0.596. The number of allylic oxidation sites excluding steroid dienone is 1. The number of ether oxygens (including phenoxy) is 7. The van der Waals surface area contributed by atoms with Crippen LogP contribution in [0.1, 0.15) is 96.0 Å². The molecule has 6 rings (SSSR count). The Hall–Kier alpha value is -4.83. The lowest BCUT2D eigenvalue weighted by Crippen LogP contribution is -2.70. The Morgan fingerprint density at radius 3 is 2.50 bits per heavy atom. The second-order valence-electron chi connectivity index (χ2n) is 16.1. The van der Waals surface area contributed by atoms with Crippen LogP contribution >= 0.6 is 0 Å². The van der Waals surface area contributed by atoms with Gasteiger partial charge in [0.2, 0.25) is 12.1 Å². The Labute approximate surface area is 365 Å². The van der Waals surface area contributed by atoms with Gasteiger partial charge in [-0.1, -0.05) is 37.1 Å². The molecular weight excluding hydrogens is 799 g/mol. The number of fused-ring (bicyclic) bond motifs is 2. The van der Waals surface area contributed by atoms with Crippen LogP contribution in [0.15, 0.2) is 65.9 Å². The van der Waals surface area contributed by atoms with Crippen molar-refractivity contribution >= 4 is 23.6 Å². The molecule has 1 saturated carbocycles. The zero-order valence-corrected chi connectivity index (χ0v) is 36.7. The number of oxime groups is 1. The third-order valence-corrected chi connectivity index (χ3v) is 12.3. The average Bonchev–Trinajstić information content (AvgIpc) is 3.28. The first-order valence-corrected chi connectivity index (χ1v) is 22.3. The molecule has 2 aliphatic heterocycles. The molecule has 2 aromatic carbocycles. The first-order valence-electron chi connectivity index (χ1n) is 22.3. The number of carbonyl (C=O) groups is 2. The molecule has 2 amide bonds. The number of carbonyl (C=O) groups excluding carboxylic acids is 2. The van der Waals surface area contributed by atoms with Crippen LogP contribution in [0.5, 0.6) is 23.0 Å². The van der Waals surface area contributed by atoms with Crippen molar-refractivity contribution in [1.82, 2.24) is 4.90 Å². The van der Waals surface area contributed by atoms with Gasteiger partial charge < -0.3 is 48.2 Å². The number of unbranched alkanes of at least 4 members (excludes halogenated alkanes) is 2. The van der Waals surface area contributed by atoms with Gasteiger partial charge in [0.1, 0.15) is 29.0 Å². The minimum absolute atomic E-state index is 0.0134. The Balaban J connectivity index is 1.52. The third-order valence-electron chi connectivity index (χ3n) is 12.3. The summed E-state index contributed by atoms with van der Waals surface area (Å²) in [6.07, 6.45) is 10.1. The number of amides is 2. The van der Waals surface area contributed by atoms with Crippen molar-refractivity contribution in [2.24, 2.45) is 22.9 Å². The molecule has 2 heterocycles. The lowest BCUT2D eigenvalue weighted by atomic mass is 9.55. The number of methoxy groups -OCH3 is 2. The lowest BCUT2D eigenvalue weighted by Gasteiger charge is -2.59. The highest BCUT2D eigenvalue weighted by atomic mass is 16.8. The van der Waals surface area contributed by atoms with Gasteiger partial charge in [0, 0.05) is 50.1 Å². The first-order chi connectivity index (χ1) is 30.2. The molecule has 0 aromatic heterocycles. The zero-order valence-electron chi connectivity index (χ0n) is 36.7. The first kappa shape index (κ1) is 46.7. The number of benzene rings is 2. The molecule has 0 bridgehead atoms. The number of nitrogens with one attached hydrogen (secondary N) is 1. The SMILES string of the molecule is C=CCO[C@@]12Oc3ccc(OC(=O)Nc4ccc(OC)cc4OC)cc3[C@H]3[C@H](CCCCO)[C@@H](CCCCO)C=C(C(=NOC4CCCCO4)C[C@@H]1N(CCC)C(=O)OCC)[C@H]32. The van der Waals surface area contributed by atoms with Crippen molar-refractivity contribution in [3.63, 3.8) is 0 Å². The molecule has 1 unspecified atom stereocenters. The number of anilines is 1. The van der Waals surface area contributed by atoms with Crippen LogP contribution in [0.4, 0.5) is 15.3 Å². The number of nitrogens with zero attached hydrogens (tertiary/aromatic N) is 2. The highest BCUT2D eigenvalue weighted by Gasteiger charge is 2.65. The van der Waals surface area contributed by atoms with E-state index in [-0.39, 0.29) is 56.4 Å². The van der Waals surface area contributed by atoms with Gasteiger partial charge in [0.25, 0.3) is 0 Å². The van der Waals surface area contributed by atoms with Crippen molar-refractivity contribution in [1.29, 1.82) is 0 Å². The van der Waals surface area contributed by atoms with Crippen LogP contribution in [-0.2, 0) is 19.0 Å². The molecule has 2 aromatic rings. The summed E-state index contributed by atoms with van der Waals surface area (Å²) in [6, 6.07) is 9.66. The number of hydrogen-bond acceptors (Lipinski definition) is 13. The molecule has 2 aliphatic carbocycles. The minimum atomic E-state index is -1.45.